The van der Waals surface area contributed by atoms with Crippen molar-refractivity contribution in [1.82, 2.24) is 19.4 Å². The van der Waals surface area contributed by atoms with E-state index in [-0.39, 0.29) is 18.0 Å². The fourth-order valence-electron chi connectivity index (χ4n) is 6.05. The Morgan fingerprint density at radius 1 is 0.976 bits per heavy atom. The van der Waals surface area contributed by atoms with Gasteiger partial charge in [-0.3, -0.25) is 4.79 Å². The molecule has 0 unspecified atom stereocenters. The van der Waals surface area contributed by atoms with Gasteiger partial charge in [0.1, 0.15) is 5.60 Å². The number of rotatable bonds is 6. The van der Waals surface area contributed by atoms with E-state index in [9.17, 15) is 14.7 Å². The van der Waals surface area contributed by atoms with Gasteiger partial charge in [-0.05, 0) is 45.6 Å². The largest absolute Gasteiger partial charge is 0.444 e. The average molecular weight is 559 g/mol. The molecule has 1 N–H and O–H groups in total. The molecule has 2 fully saturated rings. The molecule has 1 aliphatic heterocycles. The van der Waals surface area contributed by atoms with E-state index >= 15 is 0 Å². The zero-order valence-electron chi connectivity index (χ0n) is 24.5. The van der Waals surface area contributed by atoms with Crippen molar-refractivity contribution in [3.05, 3.63) is 78.2 Å². The number of hydrogen-bond acceptors (Lipinski definition) is 5. The van der Waals surface area contributed by atoms with Crippen molar-refractivity contribution in [2.75, 3.05) is 19.6 Å². The lowest BCUT2D eigenvalue weighted by atomic mass is 9.84. The third kappa shape index (κ3) is 6.99. The second-order valence-electron chi connectivity index (χ2n) is 12.5. The summed E-state index contributed by atoms with van der Waals surface area (Å²) in [6.07, 6.45) is 6.57. The monoisotopic (exact) mass is 558 g/mol. The van der Waals surface area contributed by atoms with Gasteiger partial charge in [0.25, 0.3) is 5.91 Å². The predicted molar refractivity (Wildman–Crippen MR) is 158 cm³/mol. The molecule has 41 heavy (non-hydrogen) atoms. The molecule has 1 saturated heterocycles. The van der Waals surface area contributed by atoms with Crippen molar-refractivity contribution in [3.8, 4) is 11.3 Å². The molecule has 3 aromatic rings. The van der Waals surface area contributed by atoms with Crippen LogP contribution in [0.15, 0.2) is 67.0 Å². The predicted octanol–water partition coefficient (Wildman–Crippen LogP) is 5.55. The van der Waals surface area contributed by atoms with Gasteiger partial charge >= 0.3 is 6.09 Å². The maximum Gasteiger partial charge on any atom is 0.410 e. The standard InChI is InChI=1S/C33H42N4O4/c1-32(2,3)41-31(39)35-19-20-37(27(22-35)21-25-13-7-4-8-14-25)30(38)28-29(26-15-9-5-10-16-26)36(24-34-28)23-33(40)17-11-6-12-18-33/h4-5,7-10,13-16,24,27,40H,6,11-12,17-23H2,1-3H3/t27-/m1/s1. The summed E-state index contributed by atoms with van der Waals surface area (Å²) in [6, 6.07) is 19.6. The van der Waals surface area contributed by atoms with Crippen LogP contribution < -0.4 is 0 Å². The van der Waals surface area contributed by atoms with Gasteiger partial charge in [-0.2, -0.15) is 0 Å². The highest BCUT2D eigenvalue weighted by Gasteiger charge is 2.37. The summed E-state index contributed by atoms with van der Waals surface area (Å²) in [5, 5.41) is 11.4. The summed E-state index contributed by atoms with van der Waals surface area (Å²) in [5.41, 5.74) is 1.67. The van der Waals surface area contributed by atoms with Crippen molar-refractivity contribution >= 4 is 12.0 Å². The maximum atomic E-state index is 14.3. The summed E-state index contributed by atoms with van der Waals surface area (Å²) in [5.74, 6) is -0.164. The van der Waals surface area contributed by atoms with E-state index in [0.717, 1.165) is 48.9 Å². The number of amides is 2. The molecule has 218 valence electrons. The third-order valence-electron chi connectivity index (χ3n) is 8.05. The number of piperazine rings is 1. The minimum absolute atomic E-state index is 0.164. The summed E-state index contributed by atoms with van der Waals surface area (Å²) < 4.78 is 7.62. The van der Waals surface area contributed by atoms with Crippen molar-refractivity contribution in [2.45, 2.75) is 83.1 Å². The molecule has 2 heterocycles. The fourth-order valence-corrected chi connectivity index (χ4v) is 6.05. The summed E-state index contributed by atoms with van der Waals surface area (Å²) in [7, 11) is 0. The molecule has 0 radical (unpaired) electrons. The number of benzene rings is 2. The Hall–Kier alpha value is -3.65. The van der Waals surface area contributed by atoms with Gasteiger partial charge < -0.3 is 24.2 Å². The molecule has 1 aromatic heterocycles. The smallest absolute Gasteiger partial charge is 0.410 e. The first-order valence-electron chi connectivity index (χ1n) is 14.8. The lowest BCUT2D eigenvalue weighted by Gasteiger charge is -2.41. The Morgan fingerprint density at radius 3 is 2.29 bits per heavy atom. The van der Waals surface area contributed by atoms with Crippen molar-refractivity contribution in [1.29, 1.82) is 0 Å². The number of imidazole rings is 1. The van der Waals surface area contributed by atoms with Gasteiger partial charge in [-0.1, -0.05) is 79.9 Å². The van der Waals surface area contributed by atoms with E-state index in [1.807, 2.05) is 90.9 Å². The van der Waals surface area contributed by atoms with E-state index in [4.69, 9.17) is 4.74 Å². The van der Waals surface area contributed by atoms with E-state index < -0.39 is 11.2 Å². The Kier molecular flexibility index (Phi) is 8.50. The minimum Gasteiger partial charge on any atom is -0.444 e. The number of hydrogen-bond donors (Lipinski definition) is 1. The highest BCUT2D eigenvalue weighted by atomic mass is 16.6. The van der Waals surface area contributed by atoms with Gasteiger partial charge in [0.15, 0.2) is 5.69 Å². The van der Waals surface area contributed by atoms with Gasteiger partial charge in [-0.25, -0.2) is 9.78 Å². The third-order valence-corrected chi connectivity index (χ3v) is 8.05. The molecule has 8 nitrogen and oxygen atoms in total. The van der Waals surface area contributed by atoms with E-state index in [1.54, 1.807) is 11.2 Å². The van der Waals surface area contributed by atoms with Crippen LogP contribution in [0.25, 0.3) is 11.3 Å². The SMILES string of the molecule is CC(C)(C)OC(=O)N1CCN(C(=O)c2ncn(CC3(O)CCCCC3)c2-c2ccccc2)[C@H](Cc2ccccc2)C1. The molecule has 0 spiro atoms. The van der Waals surface area contributed by atoms with E-state index in [1.165, 1.54) is 0 Å². The first kappa shape index (κ1) is 28.9. The van der Waals surface area contributed by atoms with Crippen LogP contribution >= 0.6 is 0 Å². The normalized spacial score (nSPS) is 19.2. The summed E-state index contributed by atoms with van der Waals surface area (Å²) >= 11 is 0. The molecular formula is C33H42N4O4. The number of carbonyl (C=O) groups excluding carboxylic acids is 2. The Balaban J connectivity index is 1.46. The second kappa shape index (κ2) is 12.1. The molecule has 1 saturated carbocycles. The minimum atomic E-state index is -0.808. The van der Waals surface area contributed by atoms with Crippen molar-refractivity contribution in [2.24, 2.45) is 0 Å². The van der Waals surface area contributed by atoms with Gasteiger partial charge in [0, 0.05) is 25.2 Å². The zero-order chi connectivity index (χ0) is 29.0. The van der Waals surface area contributed by atoms with Gasteiger partial charge in [0.05, 0.1) is 30.2 Å². The molecular weight excluding hydrogens is 516 g/mol. The Bertz CT molecular complexity index is 1330. The van der Waals surface area contributed by atoms with Crippen LogP contribution in [0.5, 0.6) is 0 Å². The lowest BCUT2D eigenvalue weighted by molar-refractivity contribution is -0.0111. The molecule has 2 amide bonds. The maximum absolute atomic E-state index is 14.3. The first-order chi connectivity index (χ1) is 19.6. The quantitative estimate of drug-likeness (QED) is 0.429. The van der Waals surface area contributed by atoms with Crippen molar-refractivity contribution in [3.63, 3.8) is 0 Å². The van der Waals surface area contributed by atoms with Crippen LogP contribution in [0, 0.1) is 0 Å². The number of aliphatic hydroxyl groups is 1. The highest BCUT2D eigenvalue weighted by Crippen LogP contribution is 2.33. The van der Waals surface area contributed by atoms with Crippen LogP contribution in [0.3, 0.4) is 0 Å². The van der Waals surface area contributed by atoms with Crippen LogP contribution in [0.1, 0.15) is 68.9 Å². The molecule has 1 aliphatic carbocycles. The average Bonchev–Trinajstić information content (AvgIpc) is 3.36. The second-order valence-corrected chi connectivity index (χ2v) is 12.5. The first-order valence-corrected chi connectivity index (χ1v) is 14.8. The van der Waals surface area contributed by atoms with Gasteiger partial charge in [0.2, 0.25) is 0 Å². The number of nitrogens with zero attached hydrogens (tertiary/aromatic N) is 4. The summed E-state index contributed by atoms with van der Waals surface area (Å²) in [6.45, 7) is 7.11. The number of carbonyl (C=O) groups is 2. The molecule has 2 aromatic carbocycles. The molecule has 2 aliphatic rings. The lowest BCUT2D eigenvalue weighted by Crippen LogP contribution is -2.58. The molecule has 8 heteroatoms. The molecule has 5 rings (SSSR count). The highest BCUT2D eigenvalue weighted by molar-refractivity contribution is 5.98. The van der Waals surface area contributed by atoms with Crippen LogP contribution in [-0.2, 0) is 17.7 Å². The van der Waals surface area contributed by atoms with E-state index in [0.29, 0.717) is 38.3 Å². The van der Waals surface area contributed by atoms with Crippen molar-refractivity contribution < 1.29 is 19.4 Å². The van der Waals surface area contributed by atoms with E-state index in [2.05, 4.69) is 4.98 Å². The van der Waals surface area contributed by atoms with Crippen LogP contribution in [0.2, 0.25) is 0 Å². The number of aromatic nitrogens is 2. The van der Waals surface area contributed by atoms with Gasteiger partial charge in [-0.15, -0.1) is 0 Å². The molecule has 0 bridgehead atoms. The fraction of sp³-hybridized carbons (Fsp3) is 0.485. The zero-order valence-corrected chi connectivity index (χ0v) is 24.5. The topological polar surface area (TPSA) is 87.9 Å². The Labute approximate surface area is 242 Å². The Morgan fingerprint density at radius 2 is 1.63 bits per heavy atom. The van der Waals surface area contributed by atoms with Crippen LogP contribution in [-0.4, -0.2) is 73.3 Å². The number of ether oxygens (including phenoxy) is 1. The van der Waals surface area contributed by atoms with Crippen LogP contribution in [0.4, 0.5) is 4.79 Å². The molecule has 1 atom stereocenters. The summed E-state index contributed by atoms with van der Waals surface area (Å²) in [4.78, 5) is 35.6.